The fourth-order valence-electron chi connectivity index (χ4n) is 3.83. The van der Waals surface area contributed by atoms with Gasteiger partial charge in [0.2, 0.25) is 0 Å². The lowest BCUT2D eigenvalue weighted by Gasteiger charge is -2.34. The molecule has 0 unspecified atom stereocenters. The first-order valence-electron chi connectivity index (χ1n) is 9.88. The predicted octanol–water partition coefficient (Wildman–Crippen LogP) is 2.24. The standard InChI is InChI=1S/C23H25N3O4/c1-24-12-14-25(15-13-24)21-20(16-4-8-18(29-2)9-5-16)22(27)26(23(21)28)17-6-10-19(30-3)11-7-17/h4-11H,12-15H2,1-3H3. The molecule has 0 bridgehead atoms. The summed E-state index contributed by atoms with van der Waals surface area (Å²) in [5.41, 5.74) is 2.14. The van der Waals surface area contributed by atoms with E-state index in [2.05, 4.69) is 11.9 Å². The van der Waals surface area contributed by atoms with Gasteiger partial charge < -0.3 is 19.3 Å². The average Bonchev–Trinajstić information content (AvgIpc) is 3.04. The number of carbonyl (C=O) groups is 2. The summed E-state index contributed by atoms with van der Waals surface area (Å²) in [5, 5.41) is 0. The van der Waals surface area contributed by atoms with Crippen LogP contribution in [0, 0.1) is 0 Å². The molecule has 0 radical (unpaired) electrons. The lowest BCUT2D eigenvalue weighted by atomic mass is 10.0. The van der Waals surface area contributed by atoms with Gasteiger partial charge in [0.05, 0.1) is 25.5 Å². The number of rotatable bonds is 5. The summed E-state index contributed by atoms with van der Waals surface area (Å²) in [6, 6.07) is 14.2. The Kier molecular flexibility index (Phi) is 5.46. The molecule has 4 rings (SSSR count). The van der Waals surface area contributed by atoms with Crippen LogP contribution in [0.1, 0.15) is 5.56 Å². The molecule has 2 aromatic rings. The molecule has 7 heteroatoms. The van der Waals surface area contributed by atoms with E-state index in [9.17, 15) is 9.59 Å². The van der Waals surface area contributed by atoms with Crippen LogP contribution in [-0.4, -0.2) is 69.1 Å². The highest BCUT2D eigenvalue weighted by atomic mass is 16.5. The molecular weight excluding hydrogens is 382 g/mol. The lowest BCUT2D eigenvalue weighted by molar-refractivity contribution is -0.120. The van der Waals surface area contributed by atoms with Crippen molar-refractivity contribution >= 4 is 23.1 Å². The van der Waals surface area contributed by atoms with Crippen molar-refractivity contribution in [3.8, 4) is 11.5 Å². The monoisotopic (exact) mass is 407 g/mol. The summed E-state index contributed by atoms with van der Waals surface area (Å²) in [7, 11) is 5.23. The van der Waals surface area contributed by atoms with Gasteiger partial charge in [-0.25, -0.2) is 4.90 Å². The maximum absolute atomic E-state index is 13.5. The molecule has 2 aliphatic heterocycles. The fraction of sp³-hybridized carbons (Fsp3) is 0.304. The van der Waals surface area contributed by atoms with E-state index in [1.807, 2.05) is 17.0 Å². The molecule has 30 heavy (non-hydrogen) atoms. The van der Waals surface area contributed by atoms with Crippen LogP contribution in [0.15, 0.2) is 54.2 Å². The Hall–Kier alpha value is -3.32. The molecule has 7 nitrogen and oxygen atoms in total. The van der Waals surface area contributed by atoms with Gasteiger partial charge in [-0.2, -0.15) is 0 Å². The van der Waals surface area contributed by atoms with E-state index in [1.54, 1.807) is 50.6 Å². The molecule has 1 saturated heterocycles. The van der Waals surface area contributed by atoms with E-state index in [-0.39, 0.29) is 11.8 Å². The first-order chi connectivity index (χ1) is 14.5. The van der Waals surface area contributed by atoms with Crippen LogP contribution in [0.2, 0.25) is 0 Å². The SMILES string of the molecule is COc1ccc(C2=C(N3CCN(C)CC3)C(=O)N(c3ccc(OC)cc3)C2=O)cc1. The van der Waals surface area contributed by atoms with Gasteiger partial charge in [-0.15, -0.1) is 0 Å². The number of likely N-dealkylation sites (N-methyl/N-ethyl adjacent to an activating group) is 1. The van der Waals surface area contributed by atoms with Crippen molar-refractivity contribution in [1.29, 1.82) is 0 Å². The molecule has 0 N–H and O–H groups in total. The van der Waals surface area contributed by atoms with Crippen LogP contribution >= 0.6 is 0 Å². The van der Waals surface area contributed by atoms with E-state index in [0.29, 0.717) is 47.1 Å². The number of methoxy groups -OCH3 is 2. The Morgan fingerprint density at radius 2 is 1.27 bits per heavy atom. The van der Waals surface area contributed by atoms with Crippen LogP contribution in [0.25, 0.3) is 5.57 Å². The van der Waals surface area contributed by atoms with Crippen molar-refractivity contribution in [2.45, 2.75) is 0 Å². The maximum atomic E-state index is 13.5. The Morgan fingerprint density at radius 1 is 0.733 bits per heavy atom. The maximum Gasteiger partial charge on any atom is 0.282 e. The molecule has 0 aliphatic carbocycles. The second kappa shape index (κ2) is 8.20. The highest BCUT2D eigenvalue weighted by Crippen LogP contribution is 2.36. The van der Waals surface area contributed by atoms with Crippen LogP contribution in [-0.2, 0) is 9.59 Å². The first kappa shape index (κ1) is 20.0. The Balaban J connectivity index is 1.77. The zero-order valence-electron chi connectivity index (χ0n) is 17.4. The molecule has 2 amide bonds. The number of anilines is 1. The van der Waals surface area contributed by atoms with E-state index in [4.69, 9.17) is 9.47 Å². The van der Waals surface area contributed by atoms with Crippen LogP contribution in [0.3, 0.4) is 0 Å². The van der Waals surface area contributed by atoms with Gasteiger partial charge in [0.25, 0.3) is 11.8 Å². The van der Waals surface area contributed by atoms with Gasteiger partial charge in [0.1, 0.15) is 17.2 Å². The van der Waals surface area contributed by atoms with E-state index in [1.165, 1.54) is 4.90 Å². The summed E-state index contributed by atoms with van der Waals surface area (Å²) < 4.78 is 10.4. The van der Waals surface area contributed by atoms with Crippen molar-refractivity contribution in [1.82, 2.24) is 9.80 Å². The molecular formula is C23H25N3O4. The molecule has 2 aliphatic rings. The second-order valence-corrected chi connectivity index (χ2v) is 7.39. The van der Waals surface area contributed by atoms with Gasteiger partial charge in [-0.3, -0.25) is 9.59 Å². The number of hydrogen-bond donors (Lipinski definition) is 0. The zero-order chi connectivity index (χ0) is 21.3. The summed E-state index contributed by atoms with van der Waals surface area (Å²) in [6.07, 6.45) is 0. The molecule has 0 spiro atoms. The molecule has 1 fully saturated rings. The molecule has 2 heterocycles. The number of benzene rings is 2. The van der Waals surface area contributed by atoms with Crippen LogP contribution < -0.4 is 14.4 Å². The first-order valence-corrected chi connectivity index (χ1v) is 9.88. The molecule has 156 valence electrons. The highest BCUT2D eigenvalue weighted by Gasteiger charge is 2.42. The molecule has 0 saturated carbocycles. The fourth-order valence-corrected chi connectivity index (χ4v) is 3.83. The number of hydrogen-bond acceptors (Lipinski definition) is 6. The van der Waals surface area contributed by atoms with Gasteiger partial charge >= 0.3 is 0 Å². The number of ether oxygens (including phenoxy) is 2. The number of piperazine rings is 1. The van der Waals surface area contributed by atoms with Gasteiger partial charge in [0, 0.05) is 26.2 Å². The lowest BCUT2D eigenvalue weighted by Crippen LogP contribution is -2.46. The van der Waals surface area contributed by atoms with Crippen molar-refractivity contribution < 1.29 is 19.1 Å². The molecule has 0 atom stereocenters. The van der Waals surface area contributed by atoms with E-state index < -0.39 is 0 Å². The molecule has 0 aromatic heterocycles. The van der Waals surface area contributed by atoms with Gasteiger partial charge in [0.15, 0.2) is 0 Å². The third kappa shape index (κ3) is 3.52. The highest BCUT2D eigenvalue weighted by molar-refractivity contribution is 6.45. The Labute approximate surface area is 176 Å². The van der Waals surface area contributed by atoms with Crippen molar-refractivity contribution in [3.63, 3.8) is 0 Å². The summed E-state index contributed by atoms with van der Waals surface area (Å²) in [5.74, 6) is 0.759. The third-order valence-corrected chi connectivity index (χ3v) is 5.59. The smallest absolute Gasteiger partial charge is 0.282 e. The van der Waals surface area contributed by atoms with Crippen molar-refractivity contribution in [2.75, 3.05) is 52.3 Å². The predicted molar refractivity (Wildman–Crippen MR) is 114 cm³/mol. The van der Waals surface area contributed by atoms with Gasteiger partial charge in [-0.1, -0.05) is 12.1 Å². The topological polar surface area (TPSA) is 62.3 Å². The number of nitrogens with zero attached hydrogens (tertiary/aromatic N) is 3. The minimum atomic E-state index is -0.315. The van der Waals surface area contributed by atoms with E-state index >= 15 is 0 Å². The zero-order valence-corrected chi connectivity index (χ0v) is 17.4. The minimum Gasteiger partial charge on any atom is -0.497 e. The van der Waals surface area contributed by atoms with Crippen LogP contribution in [0.5, 0.6) is 11.5 Å². The largest absolute Gasteiger partial charge is 0.497 e. The van der Waals surface area contributed by atoms with Crippen molar-refractivity contribution in [3.05, 3.63) is 59.8 Å². The number of amides is 2. The normalized spacial score (nSPS) is 17.7. The molecule has 2 aromatic carbocycles. The Bertz CT molecular complexity index is 975. The third-order valence-electron chi connectivity index (χ3n) is 5.59. The average molecular weight is 407 g/mol. The van der Waals surface area contributed by atoms with Crippen LogP contribution in [0.4, 0.5) is 5.69 Å². The Morgan fingerprint density at radius 3 is 1.80 bits per heavy atom. The summed E-state index contributed by atoms with van der Waals surface area (Å²) in [4.78, 5) is 32.5. The van der Waals surface area contributed by atoms with Gasteiger partial charge in [-0.05, 0) is 49.0 Å². The number of carbonyl (C=O) groups excluding carboxylic acids is 2. The minimum absolute atomic E-state index is 0.291. The van der Waals surface area contributed by atoms with E-state index in [0.717, 1.165) is 13.1 Å². The van der Waals surface area contributed by atoms with Crippen molar-refractivity contribution in [2.24, 2.45) is 0 Å². The summed E-state index contributed by atoms with van der Waals surface area (Å²) in [6.45, 7) is 3.06. The summed E-state index contributed by atoms with van der Waals surface area (Å²) >= 11 is 0. The number of imide groups is 1. The second-order valence-electron chi connectivity index (χ2n) is 7.39. The quantitative estimate of drug-likeness (QED) is 0.709.